The van der Waals surface area contributed by atoms with Gasteiger partial charge >= 0.3 is 0 Å². The molecule has 0 heterocycles. The Morgan fingerprint density at radius 2 is 1.23 bits per heavy atom. The van der Waals surface area contributed by atoms with Crippen molar-refractivity contribution in [3.63, 3.8) is 0 Å². The normalized spacial score (nSPS) is 13.2. The van der Waals surface area contributed by atoms with Crippen molar-refractivity contribution in [2.24, 2.45) is 23.1 Å². The van der Waals surface area contributed by atoms with Crippen molar-refractivity contribution in [3.8, 4) is 0 Å². The van der Waals surface area contributed by atoms with E-state index in [2.05, 4.69) is 0 Å². The second-order valence-electron chi connectivity index (χ2n) is 3.66. The second-order valence-corrected chi connectivity index (χ2v) is 3.66. The SMILES string of the molecule is NCCCCC(CCN)CCCN. The minimum atomic E-state index is 0.778. The first-order valence-corrected chi connectivity index (χ1v) is 5.45. The van der Waals surface area contributed by atoms with Gasteiger partial charge in [-0.25, -0.2) is 0 Å². The van der Waals surface area contributed by atoms with Crippen LogP contribution in [0.4, 0.5) is 0 Å². The van der Waals surface area contributed by atoms with E-state index in [0.717, 1.165) is 44.8 Å². The zero-order chi connectivity index (χ0) is 9.94. The summed E-state index contributed by atoms with van der Waals surface area (Å²) in [6.45, 7) is 2.42. The molecule has 3 heteroatoms. The molecule has 0 amide bonds. The summed E-state index contributed by atoms with van der Waals surface area (Å²) in [5, 5.41) is 0. The van der Waals surface area contributed by atoms with Gasteiger partial charge in [0.05, 0.1) is 0 Å². The first-order chi connectivity index (χ1) is 6.35. The van der Waals surface area contributed by atoms with Crippen molar-refractivity contribution in [3.05, 3.63) is 0 Å². The molecule has 1 atom stereocenters. The molecule has 0 radical (unpaired) electrons. The lowest BCUT2D eigenvalue weighted by Gasteiger charge is -2.14. The average Bonchev–Trinajstić information content (AvgIpc) is 2.14. The van der Waals surface area contributed by atoms with Gasteiger partial charge in [0, 0.05) is 0 Å². The molecule has 0 spiro atoms. The van der Waals surface area contributed by atoms with Gasteiger partial charge in [0.25, 0.3) is 0 Å². The molecule has 13 heavy (non-hydrogen) atoms. The Hall–Kier alpha value is -0.120. The van der Waals surface area contributed by atoms with Crippen LogP contribution in [0.1, 0.15) is 38.5 Å². The standard InChI is InChI=1S/C10H25N3/c11-7-2-1-4-10(6-9-13)5-3-8-12/h10H,1-9,11-13H2. The first-order valence-electron chi connectivity index (χ1n) is 5.45. The fourth-order valence-corrected chi connectivity index (χ4v) is 1.65. The molecule has 0 aromatic carbocycles. The van der Waals surface area contributed by atoms with Crippen LogP contribution in [0.15, 0.2) is 0 Å². The van der Waals surface area contributed by atoms with Crippen molar-refractivity contribution < 1.29 is 0 Å². The third-order valence-corrected chi connectivity index (χ3v) is 2.46. The molecular weight excluding hydrogens is 162 g/mol. The molecule has 0 aliphatic carbocycles. The van der Waals surface area contributed by atoms with Gasteiger partial charge in [-0.15, -0.1) is 0 Å². The summed E-state index contributed by atoms with van der Waals surface area (Å²) in [7, 11) is 0. The van der Waals surface area contributed by atoms with Crippen molar-refractivity contribution in [2.45, 2.75) is 38.5 Å². The van der Waals surface area contributed by atoms with E-state index in [1.807, 2.05) is 0 Å². The van der Waals surface area contributed by atoms with Crippen LogP contribution in [0, 0.1) is 5.92 Å². The van der Waals surface area contributed by atoms with Crippen LogP contribution in [-0.2, 0) is 0 Å². The molecule has 0 bridgehead atoms. The second kappa shape index (κ2) is 9.96. The lowest BCUT2D eigenvalue weighted by Crippen LogP contribution is -2.11. The van der Waals surface area contributed by atoms with Crippen LogP contribution in [0.2, 0.25) is 0 Å². The van der Waals surface area contributed by atoms with E-state index >= 15 is 0 Å². The molecule has 0 aromatic heterocycles. The molecule has 0 aliphatic rings. The summed E-state index contributed by atoms with van der Waals surface area (Å²) in [4.78, 5) is 0. The van der Waals surface area contributed by atoms with Crippen LogP contribution in [0.25, 0.3) is 0 Å². The van der Waals surface area contributed by atoms with Crippen molar-refractivity contribution in [1.29, 1.82) is 0 Å². The summed E-state index contributed by atoms with van der Waals surface area (Å²) < 4.78 is 0. The average molecular weight is 187 g/mol. The quantitative estimate of drug-likeness (QED) is 0.468. The third-order valence-electron chi connectivity index (χ3n) is 2.46. The van der Waals surface area contributed by atoms with E-state index < -0.39 is 0 Å². The predicted octanol–water partition coefficient (Wildman–Crippen LogP) is 0.819. The highest BCUT2D eigenvalue weighted by atomic mass is 14.5. The highest BCUT2D eigenvalue weighted by Gasteiger charge is 2.06. The van der Waals surface area contributed by atoms with Crippen molar-refractivity contribution in [2.75, 3.05) is 19.6 Å². The van der Waals surface area contributed by atoms with E-state index in [-0.39, 0.29) is 0 Å². The van der Waals surface area contributed by atoms with E-state index in [0.29, 0.717) is 0 Å². The number of hydrogen-bond donors (Lipinski definition) is 3. The number of rotatable bonds is 9. The van der Waals surface area contributed by atoms with Crippen LogP contribution in [-0.4, -0.2) is 19.6 Å². The maximum Gasteiger partial charge on any atom is -0.00746 e. The molecule has 1 unspecified atom stereocenters. The van der Waals surface area contributed by atoms with Crippen molar-refractivity contribution in [1.82, 2.24) is 0 Å². The Balaban J connectivity index is 3.41. The molecule has 0 fully saturated rings. The van der Waals surface area contributed by atoms with Gasteiger partial charge in [-0.2, -0.15) is 0 Å². The molecule has 0 saturated carbocycles. The first kappa shape index (κ1) is 12.9. The molecule has 80 valence electrons. The Morgan fingerprint density at radius 3 is 1.77 bits per heavy atom. The highest BCUT2D eigenvalue weighted by Crippen LogP contribution is 2.17. The van der Waals surface area contributed by atoms with Gasteiger partial charge in [0.1, 0.15) is 0 Å². The van der Waals surface area contributed by atoms with Crippen LogP contribution >= 0.6 is 0 Å². The van der Waals surface area contributed by atoms with E-state index in [9.17, 15) is 0 Å². The fourth-order valence-electron chi connectivity index (χ4n) is 1.65. The highest BCUT2D eigenvalue weighted by molar-refractivity contribution is 4.61. The zero-order valence-corrected chi connectivity index (χ0v) is 8.67. The van der Waals surface area contributed by atoms with E-state index in [4.69, 9.17) is 17.2 Å². The summed E-state index contributed by atoms with van der Waals surface area (Å²) in [5.74, 6) is 0.778. The molecule has 0 rings (SSSR count). The smallest absolute Gasteiger partial charge is 0.00746 e. The minimum Gasteiger partial charge on any atom is -0.330 e. The number of unbranched alkanes of at least 4 members (excludes halogenated alkanes) is 1. The lowest BCUT2D eigenvalue weighted by atomic mass is 9.93. The number of hydrogen-bond acceptors (Lipinski definition) is 3. The summed E-state index contributed by atoms with van der Waals surface area (Å²) in [6, 6.07) is 0. The summed E-state index contributed by atoms with van der Waals surface area (Å²) >= 11 is 0. The van der Waals surface area contributed by atoms with Crippen LogP contribution in [0.3, 0.4) is 0 Å². The van der Waals surface area contributed by atoms with Gasteiger partial charge in [-0.05, 0) is 51.2 Å². The molecule has 0 aromatic rings. The van der Waals surface area contributed by atoms with Gasteiger partial charge in [0.15, 0.2) is 0 Å². The largest absolute Gasteiger partial charge is 0.330 e. The van der Waals surface area contributed by atoms with Crippen LogP contribution < -0.4 is 17.2 Å². The van der Waals surface area contributed by atoms with Gasteiger partial charge < -0.3 is 17.2 Å². The molecule has 3 nitrogen and oxygen atoms in total. The summed E-state index contributed by atoms with van der Waals surface area (Å²) in [6.07, 6.45) is 7.17. The Labute approximate surface area is 82.0 Å². The molecular formula is C10H25N3. The molecule has 0 aliphatic heterocycles. The monoisotopic (exact) mass is 187 g/mol. The lowest BCUT2D eigenvalue weighted by molar-refractivity contribution is 0.400. The van der Waals surface area contributed by atoms with Crippen molar-refractivity contribution >= 4 is 0 Å². The predicted molar refractivity (Wildman–Crippen MR) is 58.4 cm³/mol. The number of nitrogens with two attached hydrogens (primary N) is 3. The van der Waals surface area contributed by atoms with Gasteiger partial charge in [-0.1, -0.05) is 12.8 Å². The minimum absolute atomic E-state index is 0.778. The Morgan fingerprint density at radius 1 is 0.615 bits per heavy atom. The zero-order valence-electron chi connectivity index (χ0n) is 8.67. The Kier molecular flexibility index (Phi) is 9.87. The van der Waals surface area contributed by atoms with Crippen LogP contribution in [0.5, 0.6) is 0 Å². The van der Waals surface area contributed by atoms with E-state index in [1.54, 1.807) is 0 Å². The fraction of sp³-hybridized carbons (Fsp3) is 1.00. The molecule has 6 N–H and O–H groups in total. The summed E-state index contributed by atoms with van der Waals surface area (Å²) in [5.41, 5.74) is 16.5. The van der Waals surface area contributed by atoms with E-state index in [1.165, 1.54) is 19.3 Å². The topological polar surface area (TPSA) is 78.1 Å². The maximum atomic E-state index is 5.55. The third kappa shape index (κ3) is 8.22. The Bertz CT molecular complexity index is 96.2. The maximum absolute atomic E-state index is 5.55. The van der Waals surface area contributed by atoms with Gasteiger partial charge in [-0.3, -0.25) is 0 Å². The molecule has 0 saturated heterocycles. The van der Waals surface area contributed by atoms with Gasteiger partial charge in [0.2, 0.25) is 0 Å².